The Kier molecular flexibility index (Phi) is 10.3. The summed E-state index contributed by atoms with van der Waals surface area (Å²) in [7, 11) is 1.90. The van der Waals surface area contributed by atoms with E-state index in [1.54, 1.807) is 18.3 Å². The molecule has 0 bridgehead atoms. The average molecular weight is 698 g/mol. The number of Topliss-reactive ketones (excluding diaryl/α,β-unsaturated/α-hetero) is 1. The molecule has 1 atom stereocenters. The van der Waals surface area contributed by atoms with Crippen molar-refractivity contribution >= 4 is 57.5 Å². The van der Waals surface area contributed by atoms with Gasteiger partial charge in [-0.05, 0) is 89.5 Å². The maximum absolute atomic E-state index is 14.9. The van der Waals surface area contributed by atoms with E-state index in [-0.39, 0.29) is 41.6 Å². The van der Waals surface area contributed by atoms with Gasteiger partial charge in [-0.2, -0.15) is 0 Å². The molecule has 11 heteroatoms. The Bertz CT molecular complexity index is 1690. The maximum Gasteiger partial charge on any atom is 0.308 e. The van der Waals surface area contributed by atoms with Crippen LogP contribution in [0.3, 0.4) is 0 Å². The molecule has 1 aromatic heterocycles. The fraction of sp³-hybridized carbons (Fsp3) is 0.541. The number of esters is 1. The van der Waals surface area contributed by atoms with Gasteiger partial charge in [-0.3, -0.25) is 24.2 Å². The Balaban J connectivity index is 1.26. The molecule has 1 unspecified atom stereocenters. The van der Waals surface area contributed by atoms with Crippen molar-refractivity contribution in [1.29, 1.82) is 0 Å². The van der Waals surface area contributed by atoms with Crippen LogP contribution in [0.1, 0.15) is 81.6 Å². The quantitative estimate of drug-likeness (QED) is 0.212. The third kappa shape index (κ3) is 6.64. The minimum Gasteiger partial charge on any atom is -0.466 e. The molecule has 1 amide bonds. The van der Waals surface area contributed by atoms with Gasteiger partial charge in [0.05, 0.1) is 34.9 Å². The van der Waals surface area contributed by atoms with E-state index in [2.05, 4.69) is 29.0 Å². The Morgan fingerprint density at radius 2 is 1.71 bits per heavy atom. The van der Waals surface area contributed by atoms with Crippen LogP contribution in [-0.4, -0.2) is 75.8 Å². The largest absolute Gasteiger partial charge is 0.466 e. The van der Waals surface area contributed by atoms with E-state index in [1.807, 2.05) is 42.8 Å². The van der Waals surface area contributed by atoms with E-state index in [4.69, 9.17) is 32.7 Å². The molecule has 9 nitrogen and oxygen atoms in total. The summed E-state index contributed by atoms with van der Waals surface area (Å²) in [5, 5.41) is 4.40. The van der Waals surface area contributed by atoms with Crippen LogP contribution >= 0.6 is 23.2 Å². The first-order valence-electron chi connectivity index (χ1n) is 17.2. The monoisotopic (exact) mass is 696 g/mol. The molecule has 0 spiro atoms. The third-order valence-corrected chi connectivity index (χ3v) is 11.1. The van der Waals surface area contributed by atoms with Crippen LogP contribution in [0.15, 0.2) is 42.6 Å². The van der Waals surface area contributed by atoms with Crippen LogP contribution in [-0.2, 0) is 32.5 Å². The molecule has 1 N–H and O–H groups in total. The van der Waals surface area contributed by atoms with Gasteiger partial charge in [0.15, 0.2) is 5.78 Å². The van der Waals surface area contributed by atoms with Crippen LogP contribution in [0.2, 0.25) is 10.0 Å². The highest BCUT2D eigenvalue weighted by Gasteiger charge is 2.59. The molecule has 2 aromatic carbocycles. The first-order chi connectivity index (χ1) is 22.9. The lowest BCUT2D eigenvalue weighted by atomic mass is 9.84. The summed E-state index contributed by atoms with van der Waals surface area (Å²) in [4.78, 5) is 45.1. The van der Waals surface area contributed by atoms with Crippen LogP contribution in [0.4, 0.5) is 5.69 Å². The molecule has 1 aliphatic carbocycles. The van der Waals surface area contributed by atoms with Gasteiger partial charge in [-0.15, -0.1) is 0 Å². The second kappa shape index (κ2) is 14.1. The minimum absolute atomic E-state index is 0.0113. The van der Waals surface area contributed by atoms with Crippen LogP contribution in [0.5, 0.6) is 0 Å². The van der Waals surface area contributed by atoms with Gasteiger partial charge >= 0.3 is 5.97 Å². The first-order valence-corrected chi connectivity index (χ1v) is 17.9. The number of fused-ring (bicyclic) bond motifs is 1. The number of nitrogens with one attached hydrogen (secondary N) is 1. The van der Waals surface area contributed by atoms with Gasteiger partial charge in [-0.25, -0.2) is 0 Å². The van der Waals surface area contributed by atoms with E-state index in [9.17, 15) is 14.4 Å². The number of amides is 1. The standard InChI is InChI=1S/C37H46Cl2N4O5/c1-5-47-35(46)24-12-14-26(15-13-24)48-37(42-17-8-9-18-42,43-19-16-36(43,2)3)33(44)21-25-20-30(39)31(22-29(25)38)40-34(45)28-23-41(4)32-11-7-6-10-27(28)32/h6-7,10-11,20,22-24,26H,5,8-9,12-19,21H2,1-4H3,(H,40,45). The number of hydrogen-bond acceptors (Lipinski definition) is 7. The summed E-state index contributed by atoms with van der Waals surface area (Å²) in [5.41, 5.74) is 2.19. The molecule has 1 saturated carbocycles. The number of aromatic nitrogens is 1. The van der Waals surface area contributed by atoms with Crippen LogP contribution < -0.4 is 5.32 Å². The van der Waals surface area contributed by atoms with Crippen molar-refractivity contribution in [2.75, 3.05) is 31.6 Å². The maximum atomic E-state index is 14.9. The van der Waals surface area contributed by atoms with E-state index >= 15 is 0 Å². The number of ketones is 1. The summed E-state index contributed by atoms with van der Waals surface area (Å²) in [5.74, 6) is -1.94. The normalized spacial score (nSPS) is 22.6. The number of likely N-dealkylation sites (tertiary alicyclic amines) is 2. The van der Waals surface area contributed by atoms with Crippen molar-refractivity contribution in [3.8, 4) is 0 Å². The summed E-state index contributed by atoms with van der Waals surface area (Å²) in [6.07, 6.45) is 7.25. The fourth-order valence-corrected chi connectivity index (χ4v) is 8.15. The smallest absolute Gasteiger partial charge is 0.308 e. The van der Waals surface area contributed by atoms with Crippen LogP contribution in [0, 0.1) is 5.92 Å². The number of carbonyl (C=O) groups is 3. The number of ether oxygens (including phenoxy) is 2. The van der Waals surface area contributed by atoms with E-state index < -0.39 is 5.85 Å². The summed E-state index contributed by atoms with van der Waals surface area (Å²) in [6.45, 7) is 8.76. The summed E-state index contributed by atoms with van der Waals surface area (Å²) >= 11 is 13.6. The number of nitrogens with zero attached hydrogens (tertiary/aromatic N) is 3. The molecular weight excluding hydrogens is 651 g/mol. The number of hydrogen-bond donors (Lipinski definition) is 1. The molecule has 48 heavy (non-hydrogen) atoms. The van der Waals surface area contributed by atoms with Crippen molar-refractivity contribution in [2.45, 2.75) is 89.6 Å². The van der Waals surface area contributed by atoms with E-state index in [0.29, 0.717) is 59.1 Å². The highest BCUT2D eigenvalue weighted by molar-refractivity contribution is 6.36. The molecule has 3 fully saturated rings. The molecule has 3 aromatic rings. The second-order valence-electron chi connectivity index (χ2n) is 14.0. The number of rotatable bonds is 11. The third-order valence-electron chi connectivity index (χ3n) is 10.4. The van der Waals surface area contributed by atoms with Gasteiger partial charge in [0, 0.05) is 60.8 Å². The van der Waals surface area contributed by atoms with Crippen molar-refractivity contribution in [3.05, 3.63) is 63.8 Å². The number of carbonyl (C=O) groups excluding carboxylic acids is 3. The number of aryl methyl sites for hydroxylation is 1. The zero-order chi connectivity index (χ0) is 34.2. The average Bonchev–Trinajstić information content (AvgIpc) is 3.72. The molecule has 6 rings (SSSR count). The van der Waals surface area contributed by atoms with Gasteiger partial charge in [0.1, 0.15) is 0 Å². The highest BCUT2D eigenvalue weighted by atomic mass is 35.5. The Labute approximate surface area is 292 Å². The SMILES string of the molecule is CCOC(=O)C1CCC(OC(C(=O)Cc2cc(Cl)c(NC(=O)c3cn(C)c4ccccc34)cc2Cl)(N2CCCC2)N2CCC2(C)C)CC1. The summed E-state index contributed by atoms with van der Waals surface area (Å²) in [6, 6.07) is 11.0. The number of anilines is 1. The van der Waals surface area contributed by atoms with Gasteiger partial charge in [-0.1, -0.05) is 41.4 Å². The van der Waals surface area contributed by atoms with Crippen molar-refractivity contribution in [2.24, 2.45) is 13.0 Å². The lowest BCUT2D eigenvalue weighted by Crippen LogP contribution is -2.76. The van der Waals surface area contributed by atoms with E-state index in [1.165, 1.54) is 0 Å². The molecular formula is C37H46Cl2N4O5. The predicted octanol–water partition coefficient (Wildman–Crippen LogP) is 7.22. The van der Waals surface area contributed by atoms with Crippen LogP contribution in [0.25, 0.3) is 10.9 Å². The molecule has 3 heterocycles. The van der Waals surface area contributed by atoms with E-state index in [0.717, 1.165) is 49.8 Å². The molecule has 258 valence electrons. The van der Waals surface area contributed by atoms with Crippen molar-refractivity contribution in [3.63, 3.8) is 0 Å². The Morgan fingerprint density at radius 1 is 1.00 bits per heavy atom. The Hall–Kier alpha value is -2.95. The van der Waals surface area contributed by atoms with Crippen molar-refractivity contribution < 1.29 is 23.9 Å². The fourth-order valence-electron chi connectivity index (χ4n) is 7.68. The minimum atomic E-state index is -1.27. The van der Waals surface area contributed by atoms with Crippen molar-refractivity contribution in [1.82, 2.24) is 14.4 Å². The van der Waals surface area contributed by atoms with Gasteiger partial charge in [0.2, 0.25) is 5.85 Å². The highest BCUT2D eigenvalue weighted by Crippen LogP contribution is 2.44. The number of para-hydroxylation sites is 1. The zero-order valence-corrected chi connectivity index (χ0v) is 29.8. The molecule has 3 aliphatic rings. The number of benzene rings is 2. The Morgan fingerprint density at radius 3 is 2.35 bits per heavy atom. The lowest BCUT2D eigenvalue weighted by molar-refractivity contribution is -0.294. The summed E-state index contributed by atoms with van der Waals surface area (Å²) < 4.78 is 14.3. The van der Waals surface area contributed by atoms with Gasteiger partial charge < -0.3 is 19.4 Å². The topological polar surface area (TPSA) is 93.1 Å². The molecule has 0 radical (unpaired) electrons. The lowest BCUT2D eigenvalue weighted by Gasteiger charge is -2.60. The predicted molar refractivity (Wildman–Crippen MR) is 188 cm³/mol. The number of halogens is 2. The zero-order valence-electron chi connectivity index (χ0n) is 28.3. The second-order valence-corrected chi connectivity index (χ2v) is 14.8. The molecule has 2 aliphatic heterocycles. The molecule has 2 saturated heterocycles. The first kappa shape index (κ1) is 34.9. The van der Waals surface area contributed by atoms with Gasteiger partial charge in [0.25, 0.3) is 5.91 Å².